The minimum Gasteiger partial charge on any atom is -0.504 e. The molecule has 2 aromatic rings. The zero-order chi connectivity index (χ0) is 18.0. The lowest BCUT2D eigenvalue weighted by Gasteiger charge is -2.12. The molecule has 0 unspecified atom stereocenters. The molecule has 0 atom stereocenters. The number of benzene rings is 2. The summed E-state index contributed by atoms with van der Waals surface area (Å²) in [6, 6.07) is 12.6. The number of methoxy groups -OCH3 is 1. The molecule has 2 aromatic carbocycles. The summed E-state index contributed by atoms with van der Waals surface area (Å²) in [5.74, 6) is -0.179. The standard InChI is InChI=1S/C18H14BrNO4S/c1-24-14-9-13(19)7-12(16(14)21)8-15-17(22)20(18(23)25-15)10-11-5-3-2-4-6-11/h2-9,21H,10H2,1H3/b15-8-. The highest BCUT2D eigenvalue weighted by Crippen LogP contribution is 2.38. The van der Waals surface area contributed by atoms with Gasteiger partial charge in [-0.3, -0.25) is 14.5 Å². The Kier molecular flexibility index (Phi) is 5.15. The number of carbonyl (C=O) groups is 2. The van der Waals surface area contributed by atoms with Crippen LogP contribution in [-0.2, 0) is 11.3 Å². The number of imide groups is 1. The normalized spacial score (nSPS) is 15.9. The largest absolute Gasteiger partial charge is 0.504 e. The Morgan fingerprint density at radius 2 is 1.96 bits per heavy atom. The van der Waals surface area contributed by atoms with Crippen LogP contribution in [0.25, 0.3) is 6.08 Å². The molecule has 0 radical (unpaired) electrons. The van der Waals surface area contributed by atoms with Crippen molar-refractivity contribution >= 4 is 44.9 Å². The molecule has 1 aliphatic heterocycles. The Bertz CT molecular complexity index is 867. The summed E-state index contributed by atoms with van der Waals surface area (Å²) in [5.41, 5.74) is 1.27. The van der Waals surface area contributed by atoms with Gasteiger partial charge in [0.25, 0.3) is 11.1 Å². The number of amides is 2. The highest BCUT2D eigenvalue weighted by atomic mass is 79.9. The van der Waals surface area contributed by atoms with Crippen LogP contribution in [0.4, 0.5) is 4.79 Å². The van der Waals surface area contributed by atoms with Crippen LogP contribution in [0, 0.1) is 0 Å². The molecule has 1 N–H and O–H groups in total. The Morgan fingerprint density at radius 3 is 2.64 bits per heavy atom. The van der Waals surface area contributed by atoms with Crippen molar-refractivity contribution in [3.63, 3.8) is 0 Å². The van der Waals surface area contributed by atoms with E-state index in [9.17, 15) is 14.7 Å². The topological polar surface area (TPSA) is 66.8 Å². The monoisotopic (exact) mass is 419 g/mol. The quantitative estimate of drug-likeness (QED) is 0.743. The fourth-order valence-corrected chi connectivity index (χ4v) is 3.69. The zero-order valence-electron chi connectivity index (χ0n) is 13.2. The Morgan fingerprint density at radius 1 is 1.24 bits per heavy atom. The summed E-state index contributed by atoms with van der Waals surface area (Å²) < 4.78 is 5.79. The van der Waals surface area contributed by atoms with E-state index in [0.717, 1.165) is 17.3 Å². The number of thioether (sulfide) groups is 1. The number of hydrogen-bond donors (Lipinski definition) is 1. The SMILES string of the molecule is COc1cc(Br)cc(/C=C2\SC(=O)N(Cc3ccccc3)C2=O)c1O. The van der Waals surface area contributed by atoms with Gasteiger partial charge in [0.2, 0.25) is 0 Å². The number of carbonyl (C=O) groups excluding carboxylic acids is 2. The molecule has 1 heterocycles. The lowest BCUT2D eigenvalue weighted by Crippen LogP contribution is -2.27. The molecule has 0 saturated carbocycles. The van der Waals surface area contributed by atoms with Crippen molar-refractivity contribution in [2.24, 2.45) is 0 Å². The maximum absolute atomic E-state index is 12.6. The second-order valence-corrected chi connectivity index (χ2v) is 7.21. The van der Waals surface area contributed by atoms with Crippen molar-refractivity contribution in [2.45, 2.75) is 6.54 Å². The van der Waals surface area contributed by atoms with E-state index in [1.807, 2.05) is 30.3 Å². The third kappa shape index (κ3) is 3.72. The number of halogens is 1. The molecule has 3 rings (SSSR count). The molecule has 0 spiro atoms. The van der Waals surface area contributed by atoms with Crippen molar-refractivity contribution in [3.05, 3.63) is 63.0 Å². The molecule has 2 amide bonds. The van der Waals surface area contributed by atoms with Gasteiger partial charge in [-0.1, -0.05) is 46.3 Å². The van der Waals surface area contributed by atoms with Crippen molar-refractivity contribution in [1.82, 2.24) is 4.90 Å². The molecule has 1 fully saturated rings. The van der Waals surface area contributed by atoms with Crippen molar-refractivity contribution in [1.29, 1.82) is 0 Å². The van der Waals surface area contributed by atoms with Gasteiger partial charge >= 0.3 is 0 Å². The lowest BCUT2D eigenvalue weighted by atomic mass is 10.1. The van der Waals surface area contributed by atoms with E-state index >= 15 is 0 Å². The predicted octanol–water partition coefficient (Wildman–Crippen LogP) is 4.40. The second kappa shape index (κ2) is 7.33. The number of phenolic OH excluding ortho intramolecular Hbond substituents is 1. The highest BCUT2D eigenvalue weighted by molar-refractivity contribution is 9.10. The Hall–Kier alpha value is -2.25. The van der Waals surface area contributed by atoms with E-state index in [-0.39, 0.29) is 34.1 Å². The van der Waals surface area contributed by atoms with E-state index in [4.69, 9.17) is 4.74 Å². The van der Waals surface area contributed by atoms with Gasteiger partial charge in [-0.25, -0.2) is 0 Å². The average molecular weight is 420 g/mol. The highest BCUT2D eigenvalue weighted by Gasteiger charge is 2.35. The number of rotatable bonds is 4. The molecular weight excluding hydrogens is 406 g/mol. The molecule has 7 heteroatoms. The molecule has 1 aliphatic rings. The molecule has 1 saturated heterocycles. The summed E-state index contributed by atoms with van der Waals surface area (Å²) in [4.78, 5) is 26.2. The molecule has 0 aliphatic carbocycles. The predicted molar refractivity (Wildman–Crippen MR) is 100 cm³/mol. The molecule has 0 bridgehead atoms. The summed E-state index contributed by atoms with van der Waals surface area (Å²) in [5, 5.41) is 9.89. The van der Waals surface area contributed by atoms with E-state index in [1.165, 1.54) is 18.1 Å². The van der Waals surface area contributed by atoms with Crippen LogP contribution >= 0.6 is 27.7 Å². The van der Waals surface area contributed by atoms with Crippen LogP contribution in [-0.4, -0.2) is 28.3 Å². The van der Waals surface area contributed by atoms with Gasteiger partial charge in [-0.2, -0.15) is 0 Å². The van der Waals surface area contributed by atoms with Crippen LogP contribution in [0.1, 0.15) is 11.1 Å². The van der Waals surface area contributed by atoms with Crippen LogP contribution in [0.15, 0.2) is 51.8 Å². The first-order valence-electron chi connectivity index (χ1n) is 7.35. The first-order valence-corrected chi connectivity index (χ1v) is 8.96. The average Bonchev–Trinajstić information content (AvgIpc) is 2.86. The van der Waals surface area contributed by atoms with Gasteiger partial charge in [0.1, 0.15) is 0 Å². The fraction of sp³-hybridized carbons (Fsp3) is 0.111. The first-order chi connectivity index (χ1) is 12.0. The van der Waals surface area contributed by atoms with Gasteiger partial charge in [0, 0.05) is 10.0 Å². The van der Waals surface area contributed by atoms with Crippen molar-refractivity contribution < 1.29 is 19.4 Å². The number of nitrogens with zero attached hydrogens (tertiary/aromatic N) is 1. The maximum Gasteiger partial charge on any atom is 0.293 e. The lowest BCUT2D eigenvalue weighted by molar-refractivity contribution is -0.123. The van der Waals surface area contributed by atoms with E-state index in [1.54, 1.807) is 12.1 Å². The van der Waals surface area contributed by atoms with Gasteiger partial charge in [-0.15, -0.1) is 0 Å². The summed E-state index contributed by atoms with van der Waals surface area (Å²) in [7, 11) is 1.44. The third-order valence-corrected chi connectivity index (χ3v) is 5.00. The summed E-state index contributed by atoms with van der Waals surface area (Å²) in [6.07, 6.45) is 1.50. The fourth-order valence-electron chi connectivity index (χ4n) is 2.40. The van der Waals surface area contributed by atoms with Crippen LogP contribution < -0.4 is 4.74 Å². The number of phenols is 1. The van der Waals surface area contributed by atoms with Crippen molar-refractivity contribution in [3.8, 4) is 11.5 Å². The van der Waals surface area contributed by atoms with E-state index in [2.05, 4.69) is 15.9 Å². The third-order valence-electron chi connectivity index (χ3n) is 3.63. The van der Waals surface area contributed by atoms with E-state index < -0.39 is 0 Å². The Labute approximate surface area is 157 Å². The van der Waals surface area contributed by atoms with Crippen LogP contribution in [0.2, 0.25) is 0 Å². The smallest absolute Gasteiger partial charge is 0.293 e. The maximum atomic E-state index is 12.6. The number of ether oxygens (including phenoxy) is 1. The Balaban J connectivity index is 1.89. The van der Waals surface area contributed by atoms with Crippen LogP contribution in [0.5, 0.6) is 11.5 Å². The van der Waals surface area contributed by atoms with E-state index in [0.29, 0.717) is 10.0 Å². The number of hydrogen-bond acceptors (Lipinski definition) is 5. The van der Waals surface area contributed by atoms with Crippen LogP contribution in [0.3, 0.4) is 0 Å². The minimum absolute atomic E-state index is 0.0828. The van der Waals surface area contributed by atoms with Crippen molar-refractivity contribution in [2.75, 3.05) is 7.11 Å². The molecule has 128 valence electrons. The molecular formula is C18H14BrNO4S. The number of aromatic hydroxyl groups is 1. The summed E-state index contributed by atoms with van der Waals surface area (Å²) >= 11 is 4.19. The minimum atomic E-state index is -0.378. The van der Waals surface area contributed by atoms with Gasteiger partial charge in [0.05, 0.1) is 18.6 Å². The summed E-state index contributed by atoms with van der Waals surface area (Å²) in [6.45, 7) is 0.219. The van der Waals surface area contributed by atoms with Gasteiger partial charge in [0.15, 0.2) is 11.5 Å². The first kappa shape index (κ1) is 17.6. The molecule has 5 nitrogen and oxygen atoms in total. The second-order valence-electron chi connectivity index (χ2n) is 5.30. The van der Waals surface area contributed by atoms with Gasteiger partial charge in [-0.05, 0) is 35.5 Å². The molecule has 25 heavy (non-hydrogen) atoms. The molecule has 0 aromatic heterocycles. The zero-order valence-corrected chi connectivity index (χ0v) is 15.6. The van der Waals surface area contributed by atoms with Gasteiger partial charge < -0.3 is 9.84 Å².